The summed E-state index contributed by atoms with van der Waals surface area (Å²) in [5.74, 6) is 0.268. The molecule has 0 aromatic heterocycles. The largest absolute Gasteiger partial charge is 0.393 e. The number of alkyl halides is 3. The number of halogens is 4. The van der Waals surface area contributed by atoms with Crippen LogP contribution in [-0.4, -0.2) is 45.6 Å². The zero-order chi connectivity index (χ0) is 16.4. The van der Waals surface area contributed by atoms with Gasteiger partial charge in [0.2, 0.25) is 10.0 Å². The van der Waals surface area contributed by atoms with E-state index < -0.39 is 22.6 Å². The summed E-state index contributed by atoms with van der Waals surface area (Å²) in [6.07, 6.45) is -4.57. The molecule has 23 heavy (non-hydrogen) atoms. The third-order valence-electron chi connectivity index (χ3n) is 3.71. The van der Waals surface area contributed by atoms with Crippen molar-refractivity contribution in [1.82, 2.24) is 9.62 Å². The Kier molecular flexibility index (Phi) is 6.88. The van der Waals surface area contributed by atoms with Crippen LogP contribution in [0.2, 0.25) is 0 Å². The maximum absolute atomic E-state index is 12.5. The molecule has 0 spiro atoms. The van der Waals surface area contributed by atoms with Crippen LogP contribution in [0.5, 0.6) is 0 Å². The van der Waals surface area contributed by atoms with E-state index in [0.29, 0.717) is 13.1 Å². The van der Waals surface area contributed by atoms with E-state index in [4.69, 9.17) is 0 Å². The van der Waals surface area contributed by atoms with Gasteiger partial charge in [-0.25, -0.2) is 8.42 Å². The molecule has 1 N–H and O–H groups in total. The molecule has 1 heterocycles. The van der Waals surface area contributed by atoms with E-state index >= 15 is 0 Å². The van der Waals surface area contributed by atoms with Crippen LogP contribution in [0.25, 0.3) is 0 Å². The average Bonchev–Trinajstić information content (AvgIpc) is 2.87. The smallest absolute Gasteiger partial charge is 0.319 e. The van der Waals surface area contributed by atoms with Gasteiger partial charge in [0.05, 0.1) is 11.3 Å². The second kappa shape index (κ2) is 7.83. The molecule has 1 unspecified atom stereocenters. The minimum absolute atomic E-state index is 0. The van der Waals surface area contributed by atoms with Crippen molar-refractivity contribution in [3.05, 3.63) is 29.8 Å². The van der Waals surface area contributed by atoms with Crippen LogP contribution in [0.1, 0.15) is 12.0 Å². The van der Waals surface area contributed by atoms with Crippen molar-refractivity contribution in [3.63, 3.8) is 0 Å². The maximum atomic E-state index is 12.5. The Hall–Kier alpha value is -0.830. The van der Waals surface area contributed by atoms with E-state index in [9.17, 15) is 21.6 Å². The lowest BCUT2D eigenvalue weighted by Gasteiger charge is -2.17. The summed E-state index contributed by atoms with van der Waals surface area (Å²) in [5.41, 5.74) is 0.0564. The van der Waals surface area contributed by atoms with Gasteiger partial charge in [-0.15, -0.1) is 12.4 Å². The first kappa shape index (κ1) is 20.2. The number of nitrogens with zero attached hydrogens (tertiary/aromatic N) is 1. The Bertz CT molecular complexity index is 605. The molecule has 1 aliphatic rings. The molecule has 1 aliphatic heterocycles. The molecule has 2 rings (SSSR count). The summed E-state index contributed by atoms with van der Waals surface area (Å²) in [6, 6.07) is 4.95. The highest BCUT2D eigenvalue weighted by Gasteiger charge is 2.32. The van der Waals surface area contributed by atoms with E-state index in [1.54, 1.807) is 0 Å². The van der Waals surface area contributed by atoms with Gasteiger partial charge in [0.25, 0.3) is 0 Å². The van der Waals surface area contributed by atoms with Gasteiger partial charge in [0, 0.05) is 13.1 Å². The first-order valence-corrected chi connectivity index (χ1v) is 8.47. The zero-order valence-electron chi connectivity index (χ0n) is 12.6. The third-order valence-corrected chi connectivity index (χ3v) is 5.59. The summed E-state index contributed by atoms with van der Waals surface area (Å²) < 4.78 is 63.2. The van der Waals surface area contributed by atoms with Crippen LogP contribution in [-0.2, 0) is 16.4 Å². The Labute approximate surface area is 140 Å². The summed E-state index contributed by atoms with van der Waals surface area (Å²) in [6.45, 7) is 1.63. The number of hydrogen-bond acceptors (Lipinski definition) is 3. The van der Waals surface area contributed by atoms with Crippen molar-refractivity contribution < 1.29 is 21.6 Å². The van der Waals surface area contributed by atoms with Gasteiger partial charge in [0.15, 0.2) is 0 Å². The molecule has 0 radical (unpaired) electrons. The molecule has 9 heteroatoms. The fourth-order valence-electron chi connectivity index (χ4n) is 2.63. The standard InChI is InChI=1S/C14H19F3N2O2S.ClH/c1-18-9-12-6-7-19(10-12)22(20,21)13-4-2-11(3-5-13)8-14(15,16)17;/h2-5,12,18H,6-10H2,1H3;1H. The normalized spacial score (nSPS) is 19.6. The average molecular weight is 373 g/mol. The van der Waals surface area contributed by atoms with E-state index in [2.05, 4.69) is 5.32 Å². The molecular formula is C14H20ClF3N2O2S. The van der Waals surface area contributed by atoms with Gasteiger partial charge in [-0.1, -0.05) is 12.1 Å². The maximum Gasteiger partial charge on any atom is 0.393 e. The van der Waals surface area contributed by atoms with Crippen LogP contribution >= 0.6 is 12.4 Å². The molecule has 1 aromatic rings. The van der Waals surface area contributed by atoms with E-state index in [-0.39, 0.29) is 28.8 Å². The second-order valence-corrected chi connectivity index (χ2v) is 7.45. The molecule has 0 amide bonds. The van der Waals surface area contributed by atoms with Crippen molar-refractivity contribution in [1.29, 1.82) is 0 Å². The summed E-state index contributed by atoms with van der Waals surface area (Å²) in [5, 5.41) is 3.02. The van der Waals surface area contributed by atoms with Crippen LogP contribution in [0.15, 0.2) is 29.2 Å². The van der Waals surface area contributed by atoms with E-state index in [0.717, 1.165) is 13.0 Å². The Morgan fingerprint density at radius 3 is 2.39 bits per heavy atom. The van der Waals surface area contributed by atoms with Gasteiger partial charge in [0.1, 0.15) is 0 Å². The van der Waals surface area contributed by atoms with Crippen LogP contribution in [0.4, 0.5) is 13.2 Å². The highest BCUT2D eigenvalue weighted by Crippen LogP contribution is 2.26. The molecule has 1 aromatic carbocycles. The minimum atomic E-state index is -4.30. The van der Waals surface area contributed by atoms with Crippen LogP contribution in [0.3, 0.4) is 0 Å². The van der Waals surface area contributed by atoms with E-state index in [1.807, 2.05) is 7.05 Å². The predicted octanol–water partition coefficient (Wildman–Crippen LogP) is 2.44. The highest BCUT2D eigenvalue weighted by atomic mass is 35.5. The van der Waals surface area contributed by atoms with Crippen molar-refractivity contribution >= 4 is 22.4 Å². The number of nitrogens with one attached hydrogen (secondary N) is 1. The lowest BCUT2D eigenvalue weighted by Crippen LogP contribution is -2.30. The van der Waals surface area contributed by atoms with Gasteiger partial charge in [-0.2, -0.15) is 17.5 Å². The fraction of sp³-hybridized carbons (Fsp3) is 0.571. The third kappa shape index (κ3) is 5.34. The first-order valence-electron chi connectivity index (χ1n) is 7.03. The lowest BCUT2D eigenvalue weighted by molar-refractivity contribution is -0.127. The van der Waals surface area contributed by atoms with Crippen molar-refractivity contribution in [3.8, 4) is 0 Å². The van der Waals surface area contributed by atoms with Crippen LogP contribution < -0.4 is 5.32 Å². The van der Waals surface area contributed by atoms with Crippen molar-refractivity contribution in [2.75, 3.05) is 26.7 Å². The van der Waals surface area contributed by atoms with Crippen molar-refractivity contribution in [2.24, 2.45) is 5.92 Å². The zero-order valence-corrected chi connectivity index (χ0v) is 14.3. The molecule has 1 fully saturated rings. The SMILES string of the molecule is CNCC1CCN(S(=O)(=O)c2ccc(CC(F)(F)F)cc2)C1.Cl. The summed E-state index contributed by atoms with van der Waals surface area (Å²) >= 11 is 0. The summed E-state index contributed by atoms with van der Waals surface area (Å²) in [4.78, 5) is 0.0449. The number of rotatable bonds is 5. The van der Waals surface area contributed by atoms with Crippen LogP contribution in [0, 0.1) is 5.92 Å². The monoisotopic (exact) mass is 372 g/mol. The molecule has 4 nitrogen and oxygen atoms in total. The van der Waals surface area contributed by atoms with Gasteiger partial charge >= 0.3 is 6.18 Å². The Morgan fingerprint density at radius 2 is 1.87 bits per heavy atom. The van der Waals surface area contributed by atoms with Crippen molar-refractivity contribution in [2.45, 2.75) is 23.9 Å². The molecule has 1 saturated heterocycles. The molecule has 1 atom stereocenters. The van der Waals surface area contributed by atoms with Gasteiger partial charge < -0.3 is 5.32 Å². The molecule has 0 saturated carbocycles. The first-order chi connectivity index (χ1) is 10.2. The quantitative estimate of drug-likeness (QED) is 0.863. The topological polar surface area (TPSA) is 49.4 Å². The predicted molar refractivity (Wildman–Crippen MR) is 84.2 cm³/mol. The highest BCUT2D eigenvalue weighted by molar-refractivity contribution is 7.89. The molecule has 0 aliphatic carbocycles. The lowest BCUT2D eigenvalue weighted by atomic mass is 10.1. The van der Waals surface area contributed by atoms with Gasteiger partial charge in [-0.05, 0) is 43.6 Å². The number of sulfonamides is 1. The second-order valence-electron chi connectivity index (χ2n) is 5.51. The Balaban J connectivity index is 0.00000264. The molecular weight excluding hydrogens is 353 g/mol. The fourth-order valence-corrected chi connectivity index (χ4v) is 4.16. The number of benzene rings is 1. The Morgan fingerprint density at radius 1 is 1.26 bits per heavy atom. The van der Waals surface area contributed by atoms with Gasteiger partial charge in [-0.3, -0.25) is 0 Å². The summed E-state index contributed by atoms with van der Waals surface area (Å²) in [7, 11) is -1.81. The molecule has 0 bridgehead atoms. The van der Waals surface area contributed by atoms with E-state index in [1.165, 1.54) is 28.6 Å². The minimum Gasteiger partial charge on any atom is -0.319 e. The molecule has 132 valence electrons. The number of hydrogen-bond donors (Lipinski definition) is 1.